The molecule has 4 amide bonds. The van der Waals surface area contributed by atoms with E-state index in [-0.39, 0.29) is 23.8 Å². The van der Waals surface area contributed by atoms with Gasteiger partial charge in [-0.15, -0.1) is 23.1 Å². The summed E-state index contributed by atoms with van der Waals surface area (Å²) in [6.45, 7) is 7.96. The molecule has 2 heterocycles. The molecule has 1 aliphatic heterocycles. The summed E-state index contributed by atoms with van der Waals surface area (Å²) in [6.07, 6.45) is 1.91. The summed E-state index contributed by atoms with van der Waals surface area (Å²) in [5.41, 5.74) is 1.54. The number of rotatable bonds is 11. The number of benzene rings is 3. The van der Waals surface area contributed by atoms with E-state index in [1.54, 1.807) is 80.3 Å². The van der Waals surface area contributed by atoms with E-state index in [1.165, 1.54) is 53.4 Å². The highest BCUT2D eigenvalue weighted by Gasteiger charge is 2.31. The van der Waals surface area contributed by atoms with Gasteiger partial charge in [0.25, 0.3) is 17.5 Å². The molecular weight excluding hydrogens is 729 g/mol. The molecule has 0 fully saturated rings. The third-order valence-corrected chi connectivity index (χ3v) is 10.5. The molecule has 0 saturated heterocycles. The molecule has 0 aliphatic carbocycles. The maximum atomic E-state index is 13.6. The second-order valence-corrected chi connectivity index (χ2v) is 15.6. The van der Waals surface area contributed by atoms with E-state index in [2.05, 4.69) is 22.0 Å². The highest BCUT2D eigenvalue weighted by atomic mass is 32.2. The molecule has 0 saturated carbocycles. The standard InChI is InChI=1S/C39H38N6O7S2/c1-5-32(36(48)43-37-30(22-40)29-18-19-44(23-33(29)54-37)38(49)52-39(2,3)4)53-28-13-9-12-26(21-28)41-35(47)31(42-34(46)25-10-7-6-8-11-25)20-24-14-16-27(17-15-24)45(50)51/h6-17,20-21,32H,5,18-19,23H2,1-4H3,(H,41,47)(H,42,46)(H,43,48)/b31-20+. The van der Waals surface area contributed by atoms with Gasteiger partial charge in [-0.2, -0.15) is 5.26 Å². The number of nitro groups is 1. The molecule has 0 bridgehead atoms. The Morgan fingerprint density at radius 1 is 1.06 bits per heavy atom. The fraction of sp³-hybridized carbons (Fsp3) is 0.256. The van der Waals surface area contributed by atoms with Crippen LogP contribution < -0.4 is 16.0 Å². The second kappa shape index (κ2) is 17.2. The number of nitrogens with zero attached hydrogens (tertiary/aromatic N) is 3. The minimum Gasteiger partial charge on any atom is -0.444 e. The Morgan fingerprint density at radius 2 is 1.78 bits per heavy atom. The van der Waals surface area contributed by atoms with Crippen LogP contribution in [-0.4, -0.2) is 51.0 Å². The van der Waals surface area contributed by atoms with Crippen molar-refractivity contribution in [1.29, 1.82) is 5.26 Å². The van der Waals surface area contributed by atoms with Crippen molar-refractivity contribution in [2.75, 3.05) is 17.2 Å². The lowest BCUT2D eigenvalue weighted by atomic mass is 10.0. The van der Waals surface area contributed by atoms with Gasteiger partial charge in [-0.05, 0) is 93.3 Å². The summed E-state index contributed by atoms with van der Waals surface area (Å²) in [7, 11) is 0. The third-order valence-electron chi connectivity index (χ3n) is 8.03. The predicted octanol–water partition coefficient (Wildman–Crippen LogP) is 7.74. The molecule has 0 spiro atoms. The van der Waals surface area contributed by atoms with Gasteiger partial charge in [0, 0.05) is 39.7 Å². The fourth-order valence-electron chi connectivity index (χ4n) is 5.42. The SMILES string of the molecule is CCC(Sc1cccc(NC(=O)/C(=C\c2ccc([N+](=O)[O-])cc2)NC(=O)c2ccccc2)c1)C(=O)Nc1sc2c(c1C#N)CCN(C(=O)OC(C)(C)C)C2. The number of fused-ring (bicyclic) bond motifs is 1. The molecular formula is C39H38N6O7S2. The zero-order valence-corrected chi connectivity index (χ0v) is 31.6. The number of amides is 4. The maximum absolute atomic E-state index is 13.6. The third kappa shape index (κ3) is 10.1. The lowest BCUT2D eigenvalue weighted by Crippen LogP contribution is -2.39. The molecule has 278 valence electrons. The molecule has 1 aromatic heterocycles. The number of hydrogen-bond acceptors (Lipinski definition) is 10. The van der Waals surface area contributed by atoms with E-state index in [0.29, 0.717) is 51.7 Å². The number of anilines is 2. The number of ether oxygens (including phenoxy) is 1. The normalized spacial score (nSPS) is 13.2. The first-order valence-corrected chi connectivity index (χ1v) is 18.7. The van der Waals surface area contributed by atoms with Crippen LogP contribution >= 0.6 is 23.1 Å². The van der Waals surface area contributed by atoms with Gasteiger partial charge < -0.3 is 25.6 Å². The first-order chi connectivity index (χ1) is 25.7. The number of nitro benzene ring substituents is 1. The van der Waals surface area contributed by atoms with E-state index in [9.17, 15) is 34.6 Å². The average Bonchev–Trinajstić information content (AvgIpc) is 3.49. The molecule has 54 heavy (non-hydrogen) atoms. The van der Waals surface area contributed by atoms with E-state index >= 15 is 0 Å². The molecule has 15 heteroatoms. The molecule has 3 N–H and O–H groups in total. The van der Waals surface area contributed by atoms with Gasteiger partial charge in [-0.1, -0.05) is 31.2 Å². The van der Waals surface area contributed by atoms with Crippen molar-refractivity contribution in [2.45, 2.75) is 62.8 Å². The van der Waals surface area contributed by atoms with Crippen molar-refractivity contribution in [3.8, 4) is 6.07 Å². The monoisotopic (exact) mass is 766 g/mol. The van der Waals surface area contributed by atoms with Gasteiger partial charge in [-0.25, -0.2) is 4.79 Å². The van der Waals surface area contributed by atoms with Crippen molar-refractivity contribution in [2.24, 2.45) is 0 Å². The van der Waals surface area contributed by atoms with Crippen LogP contribution in [0.5, 0.6) is 0 Å². The van der Waals surface area contributed by atoms with Gasteiger partial charge >= 0.3 is 6.09 Å². The Labute approximate surface area is 320 Å². The lowest BCUT2D eigenvalue weighted by molar-refractivity contribution is -0.384. The van der Waals surface area contributed by atoms with Crippen LogP contribution in [-0.2, 0) is 27.3 Å². The average molecular weight is 767 g/mol. The smallest absolute Gasteiger partial charge is 0.410 e. The number of nitrogens with one attached hydrogen (secondary N) is 3. The Balaban J connectivity index is 1.29. The van der Waals surface area contributed by atoms with Gasteiger partial charge in [0.1, 0.15) is 22.4 Å². The molecule has 4 aromatic rings. The summed E-state index contributed by atoms with van der Waals surface area (Å²) >= 11 is 2.57. The number of thioether (sulfide) groups is 1. The first kappa shape index (κ1) is 39.2. The van der Waals surface area contributed by atoms with Crippen LogP contribution in [0.2, 0.25) is 0 Å². The van der Waals surface area contributed by atoms with Crippen molar-refractivity contribution >= 4 is 69.4 Å². The fourth-order valence-corrected chi connectivity index (χ4v) is 7.65. The van der Waals surface area contributed by atoms with Crippen LogP contribution in [0.15, 0.2) is 89.5 Å². The van der Waals surface area contributed by atoms with Crippen LogP contribution in [0.25, 0.3) is 6.08 Å². The topological polar surface area (TPSA) is 184 Å². The molecule has 5 rings (SSSR count). The summed E-state index contributed by atoms with van der Waals surface area (Å²) in [4.78, 5) is 66.6. The van der Waals surface area contributed by atoms with Gasteiger partial charge in [0.2, 0.25) is 5.91 Å². The number of carbonyl (C=O) groups is 4. The number of thiophene rings is 1. The highest BCUT2D eigenvalue weighted by Crippen LogP contribution is 2.38. The van der Waals surface area contributed by atoms with Crippen LogP contribution in [0, 0.1) is 21.4 Å². The Kier molecular flexibility index (Phi) is 12.5. The van der Waals surface area contributed by atoms with Gasteiger partial charge in [0.05, 0.1) is 22.3 Å². The number of hydrogen-bond donors (Lipinski definition) is 3. The number of non-ortho nitro benzene ring substituents is 1. The molecule has 0 radical (unpaired) electrons. The minimum atomic E-state index is -0.640. The Hall–Kier alpha value is -5.98. The number of carbonyl (C=O) groups excluding carboxylic acids is 4. The number of nitriles is 1. The minimum absolute atomic E-state index is 0.0947. The Bertz CT molecular complexity index is 2140. The summed E-state index contributed by atoms with van der Waals surface area (Å²) in [6, 6.07) is 23.0. The highest BCUT2D eigenvalue weighted by molar-refractivity contribution is 8.00. The predicted molar refractivity (Wildman–Crippen MR) is 208 cm³/mol. The van der Waals surface area contributed by atoms with E-state index in [0.717, 1.165) is 10.4 Å². The van der Waals surface area contributed by atoms with E-state index in [4.69, 9.17) is 4.74 Å². The maximum Gasteiger partial charge on any atom is 0.410 e. The van der Waals surface area contributed by atoms with Gasteiger partial charge in [-0.3, -0.25) is 24.5 Å². The van der Waals surface area contributed by atoms with Crippen LogP contribution in [0.1, 0.15) is 66.0 Å². The van der Waals surface area contributed by atoms with Crippen molar-refractivity contribution in [3.63, 3.8) is 0 Å². The second-order valence-electron chi connectivity index (χ2n) is 13.2. The summed E-state index contributed by atoms with van der Waals surface area (Å²) in [5, 5.41) is 29.4. The van der Waals surface area contributed by atoms with Crippen LogP contribution in [0.4, 0.5) is 21.2 Å². The molecule has 1 unspecified atom stereocenters. The molecule has 1 aliphatic rings. The summed E-state index contributed by atoms with van der Waals surface area (Å²) < 4.78 is 5.52. The van der Waals surface area contributed by atoms with Gasteiger partial charge in [0.15, 0.2) is 0 Å². The van der Waals surface area contributed by atoms with E-state index < -0.39 is 33.7 Å². The van der Waals surface area contributed by atoms with E-state index in [1.807, 2.05) is 6.92 Å². The van der Waals surface area contributed by atoms with Crippen LogP contribution in [0.3, 0.4) is 0 Å². The molecule has 13 nitrogen and oxygen atoms in total. The molecule has 3 aromatic carbocycles. The zero-order chi connectivity index (χ0) is 39.0. The Morgan fingerprint density at radius 3 is 2.43 bits per heavy atom. The lowest BCUT2D eigenvalue weighted by Gasteiger charge is -2.29. The summed E-state index contributed by atoms with van der Waals surface area (Å²) in [5.74, 6) is -1.46. The van der Waals surface area contributed by atoms with Crippen molar-refractivity contribution in [1.82, 2.24) is 10.2 Å². The quantitative estimate of drug-likeness (QED) is 0.0595. The zero-order valence-electron chi connectivity index (χ0n) is 30.0. The first-order valence-electron chi connectivity index (χ1n) is 17.0. The largest absolute Gasteiger partial charge is 0.444 e. The molecule has 1 atom stereocenters. The van der Waals surface area contributed by atoms with Crippen molar-refractivity contribution < 1.29 is 28.8 Å². The van der Waals surface area contributed by atoms with Crippen molar-refractivity contribution in [3.05, 3.63) is 122 Å².